The highest BCUT2D eigenvalue weighted by Gasteiger charge is 2.34. The van der Waals surface area contributed by atoms with Crippen molar-refractivity contribution < 1.29 is 27.8 Å². The molecule has 3 aromatic rings. The lowest BCUT2D eigenvalue weighted by atomic mass is 10.1. The van der Waals surface area contributed by atoms with Crippen LogP contribution in [0, 0.1) is 0 Å². The van der Waals surface area contributed by atoms with Crippen LogP contribution in [-0.2, 0) is 6.18 Å². The molecule has 3 rings (SSSR count). The predicted molar refractivity (Wildman–Crippen MR) is 117 cm³/mol. The van der Waals surface area contributed by atoms with E-state index in [0.29, 0.717) is 16.7 Å². The van der Waals surface area contributed by atoms with Crippen LogP contribution in [0.5, 0.6) is 17.2 Å². The largest absolute Gasteiger partial charge is 0.507 e. The Bertz CT molecular complexity index is 1100. The second-order valence-corrected chi connectivity index (χ2v) is 6.72. The van der Waals surface area contributed by atoms with Crippen molar-refractivity contribution in [3.8, 4) is 17.2 Å². The monoisotopic (exact) mass is 426 g/mol. The summed E-state index contributed by atoms with van der Waals surface area (Å²) >= 11 is 0. The van der Waals surface area contributed by atoms with Gasteiger partial charge in [0.15, 0.2) is 0 Å². The normalized spacial score (nSPS) is 11.9. The Morgan fingerprint density at radius 3 is 1.87 bits per heavy atom. The van der Waals surface area contributed by atoms with Crippen molar-refractivity contribution in [2.45, 2.75) is 6.18 Å². The van der Waals surface area contributed by atoms with Gasteiger partial charge in [0.25, 0.3) is 0 Å². The second-order valence-electron chi connectivity index (χ2n) is 6.72. The molecule has 160 valence electrons. The molecule has 0 radical (unpaired) electrons. The molecule has 0 aromatic heterocycles. The highest BCUT2D eigenvalue weighted by molar-refractivity contribution is 5.76. The Hall–Kier alpha value is -3.67. The van der Waals surface area contributed by atoms with E-state index in [1.807, 2.05) is 30.3 Å². The Labute approximate surface area is 178 Å². The molecule has 0 bridgehead atoms. The molecule has 3 aromatic carbocycles. The van der Waals surface area contributed by atoms with Gasteiger partial charge in [0.1, 0.15) is 17.2 Å². The molecule has 0 saturated carbocycles. The van der Waals surface area contributed by atoms with Gasteiger partial charge in [0.05, 0.1) is 19.8 Å². The number of methoxy groups -OCH3 is 2. The molecule has 0 aliphatic carbocycles. The number of aromatic hydroxyl groups is 1. The Morgan fingerprint density at radius 2 is 1.29 bits per heavy atom. The van der Waals surface area contributed by atoms with Crippen LogP contribution in [0.25, 0.3) is 24.3 Å². The molecule has 0 atom stereocenters. The minimum Gasteiger partial charge on any atom is -0.507 e. The molecule has 0 aliphatic heterocycles. The molecule has 0 amide bonds. The van der Waals surface area contributed by atoms with Gasteiger partial charge in [0, 0.05) is 5.56 Å². The fourth-order valence-corrected chi connectivity index (χ4v) is 2.95. The van der Waals surface area contributed by atoms with Crippen molar-refractivity contribution in [2.24, 2.45) is 0 Å². The summed E-state index contributed by atoms with van der Waals surface area (Å²) in [5.74, 6) is 0.600. The average Bonchev–Trinajstić information content (AvgIpc) is 2.76. The van der Waals surface area contributed by atoms with Crippen LogP contribution in [0.1, 0.15) is 27.8 Å². The zero-order valence-corrected chi connectivity index (χ0v) is 17.0. The van der Waals surface area contributed by atoms with Gasteiger partial charge in [-0.1, -0.05) is 54.6 Å². The van der Waals surface area contributed by atoms with Crippen molar-refractivity contribution in [3.63, 3.8) is 0 Å². The van der Waals surface area contributed by atoms with E-state index in [2.05, 4.69) is 0 Å². The van der Waals surface area contributed by atoms with E-state index in [4.69, 9.17) is 9.47 Å². The molecule has 0 spiro atoms. The van der Waals surface area contributed by atoms with Crippen LogP contribution in [-0.4, -0.2) is 19.3 Å². The smallest absolute Gasteiger partial charge is 0.419 e. The number of alkyl halides is 3. The molecule has 0 aliphatic rings. The molecule has 0 fully saturated rings. The van der Waals surface area contributed by atoms with E-state index in [1.54, 1.807) is 43.5 Å². The lowest BCUT2D eigenvalue weighted by Crippen LogP contribution is -2.07. The van der Waals surface area contributed by atoms with Crippen molar-refractivity contribution in [1.82, 2.24) is 0 Å². The quantitative estimate of drug-likeness (QED) is 0.442. The van der Waals surface area contributed by atoms with Crippen molar-refractivity contribution in [1.29, 1.82) is 0 Å². The molecule has 31 heavy (non-hydrogen) atoms. The molecule has 0 unspecified atom stereocenters. The molecule has 1 N–H and O–H groups in total. The summed E-state index contributed by atoms with van der Waals surface area (Å²) in [6, 6.07) is 16.4. The number of rotatable bonds is 6. The number of phenols is 1. The molecule has 6 heteroatoms. The van der Waals surface area contributed by atoms with Gasteiger partial charge < -0.3 is 14.6 Å². The van der Waals surface area contributed by atoms with E-state index >= 15 is 0 Å². The first-order valence-corrected chi connectivity index (χ1v) is 9.38. The lowest BCUT2D eigenvalue weighted by Gasteiger charge is -2.12. The first-order chi connectivity index (χ1) is 14.8. The summed E-state index contributed by atoms with van der Waals surface area (Å²) in [6.45, 7) is 0. The standard InChI is InChI=1S/C25H21F3O3/c1-30-21-12-7-17(8-13-21)5-10-20-11-6-19(16-23(20)29)4-3-18-9-14-24(31-2)22(15-18)25(26,27)28/h3-16,29H,1-2H3/b4-3+,10-5+. The molecule has 0 saturated heterocycles. The number of hydrogen-bond acceptors (Lipinski definition) is 3. The summed E-state index contributed by atoms with van der Waals surface area (Å²) in [5.41, 5.74) is 1.76. The summed E-state index contributed by atoms with van der Waals surface area (Å²) < 4.78 is 49.4. The predicted octanol–water partition coefficient (Wildman–Crippen LogP) is 6.77. The summed E-state index contributed by atoms with van der Waals surface area (Å²) in [4.78, 5) is 0. The van der Waals surface area contributed by atoms with Crippen LogP contribution >= 0.6 is 0 Å². The van der Waals surface area contributed by atoms with E-state index in [0.717, 1.165) is 17.4 Å². The first-order valence-electron chi connectivity index (χ1n) is 9.38. The van der Waals surface area contributed by atoms with Gasteiger partial charge in [-0.2, -0.15) is 13.2 Å². The maximum Gasteiger partial charge on any atom is 0.419 e. The van der Waals surface area contributed by atoms with Gasteiger partial charge in [-0.05, 0) is 47.0 Å². The van der Waals surface area contributed by atoms with Crippen molar-refractivity contribution >= 4 is 24.3 Å². The fraction of sp³-hybridized carbons (Fsp3) is 0.120. The van der Waals surface area contributed by atoms with Crippen LogP contribution in [0.4, 0.5) is 13.2 Å². The summed E-state index contributed by atoms with van der Waals surface area (Å²) in [7, 11) is 2.80. The molecule has 0 heterocycles. The van der Waals surface area contributed by atoms with E-state index in [-0.39, 0.29) is 11.5 Å². The number of hydrogen-bond donors (Lipinski definition) is 1. The average molecular weight is 426 g/mol. The molecule has 3 nitrogen and oxygen atoms in total. The summed E-state index contributed by atoms with van der Waals surface area (Å²) in [6.07, 6.45) is 2.32. The molecular formula is C25H21F3O3. The van der Waals surface area contributed by atoms with Gasteiger partial charge in [0.2, 0.25) is 0 Å². The van der Waals surface area contributed by atoms with Gasteiger partial charge in [-0.25, -0.2) is 0 Å². The highest BCUT2D eigenvalue weighted by atomic mass is 19.4. The maximum absolute atomic E-state index is 13.2. The Morgan fingerprint density at radius 1 is 0.710 bits per heavy atom. The van der Waals surface area contributed by atoms with Crippen LogP contribution in [0.2, 0.25) is 0 Å². The van der Waals surface area contributed by atoms with E-state index in [9.17, 15) is 18.3 Å². The minimum absolute atomic E-state index is 0.0672. The number of phenolic OH excluding ortho intramolecular Hbond substituents is 1. The maximum atomic E-state index is 13.2. The first kappa shape index (κ1) is 22.0. The van der Waals surface area contributed by atoms with Crippen molar-refractivity contribution in [3.05, 3.63) is 88.5 Å². The fourth-order valence-electron chi connectivity index (χ4n) is 2.95. The lowest BCUT2D eigenvalue weighted by molar-refractivity contribution is -0.138. The van der Waals surface area contributed by atoms with Gasteiger partial charge in [-0.3, -0.25) is 0 Å². The third-order valence-corrected chi connectivity index (χ3v) is 4.62. The third kappa shape index (κ3) is 5.69. The highest BCUT2D eigenvalue weighted by Crippen LogP contribution is 2.37. The molecular weight excluding hydrogens is 405 g/mol. The van der Waals surface area contributed by atoms with Crippen LogP contribution in [0.3, 0.4) is 0 Å². The SMILES string of the molecule is COc1ccc(/C=C/c2ccc(/C=C/c3ccc(OC)c(C(F)(F)F)c3)cc2O)cc1. The third-order valence-electron chi connectivity index (χ3n) is 4.62. The Kier molecular flexibility index (Phi) is 6.70. The second kappa shape index (κ2) is 9.43. The topological polar surface area (TPSA) is 38.7 Å². The van der Waals surface area contributed by atoms with Gasteiger partial charge >= 0.3 is 6.18 Å². The van der Waals surface area contributed by atoms with E-state index < -0.39 is 11.7 Å². The van der Waals surface area contributed by atoms with E-state index in [1.165, 1.54) is 19.2 Å². The minimum atomic E-state index is -4.51. The van der Waals surface area contributed by atoms with Gasteiger partial charge in [-0.15, -0.1) is 0 Å². The van der Waals surface area contributed by atoms with Crippen molar-refractivity contribution in [2.75, 3.05) is 14.2 Å². The van der Waals surface area contributed by atoms with Crippen LogP contribution in [0.15, 0.2) is 60.7 Å². The summed E-state index contributed by atoms with van der Waals surface area (Å²) in [5, 5.41) is 10.3. The zero-order valence-electron chi connectivity index (χ0n) is 17.0. The zero-order chi connectivity index (χ0) is 22.4. The number of benzene rings is 3. The number of ether oxygens (including phenoxy) is 2. The Balaban J connectivity index is 1.77. The number of halogens is 3. The van der Waals surface area contributed by atoms with Crippen LogP contribution < -0.4 is 9.47 Å².